The van der Waals surface area contributed by atoms with Gasteiger partial charge in [0.25, 0.3) is 0 Å². The second-order valence-corrected chi connectivity index (χ2v) is 4.28. The molecule has 0 amide bonds. The van der Waals surface area contributed by atoms with E-state index in [4.69, 9.17) is 33.7 Å². The number of nitrogens with two attached hydrogens (primary N) is 1. The van der Waals surface area contributed by atoms with Crippen LogP contribution in [0, 0.1) is 11.8 Å². The Bertz CT molecular complexity index is 435. The van der Waals surface area contributed by atoms with Crippen LogP contribution in [0.1, 0.15) is 18.9 Å². The molecule has 1 aromatic carbocycles. The highest BCUT2D eigenvalue weighted by Crippen LogP contribution is 2.32. The monoisotopic (exact) mass is 271 g/mol. The maximum absolute atomic E-state index is 6.10. The van der Waals surface area contributed by atoms with Crippen LogP contribution in [0.4, 0.5) is 0 Å². The molecular formula is C13H15Cl2NO. The van der Waals surface area contributed by atoms with E-state index in [0.29, 0.717) is 41.8 Å². The minimum atomic E-state index is 0.514. The lowest BCUT2D eigenvalue weighted by molar-refractivity contribution is 0.324. The minimum absolute atomic E-state index is 0.514. The van der Waals surface area contributed by atoms with Crippen molar-refractivity contribution in [2.45, 2.75) is 19.8 Å². The summed E-state index contributed by atoms with van der Waals surface area (Å²) in [6.07, 6.45) is 1.37. The third-order valence-electron chi connectivity index (χ3n) is 2.15. The van der Waals surface area contributed by atoms with Gasteiger partial charge >= 0.3 is 0 Å². The summed E-state index contributed by atoms with van der Waals surface area (Å²) in [4.78, 5) is 0. The van der Waals surface area contributed by atoms with Crippen LogP contribution >= 0.6 is 23.2 Å². The van der Waals surface area contributed by atoms with E-state index < -0.39 is 0 Å². The molecule has 0 saturated heterocycles. The molecule has 1 aromatic rings. The average molecular weight is 272 g/mol. The molecule has 0 aliphatic heterocycles. The van der Waals surface area contributed by atoms with Crippen LogP contribution in [0.5, 0.6) is 5.75 Å². The van der Waals surface area contributed by atoms with Gasteiger partial charge in [0, 0.05) is 11.4 Å². The van der Waals surface area contributed by atoms with E-state index >= 15 is 0 Å². The zero-order valence-corrected chi connectivity index (χ0v) is 11.2. The normalized spacial score (nSPS) is 9.65. The molecule has 0 unspecified atom stereocenters. The smallest absolute Gasteiger partial charge is 0.141 e. The van der Waals surface area contributed by atoms with Crippen molar-refractivity contribution < 1.29 is 4.74 Å². The van der Waals surface area contributed by atoms with Gasteiger partial charge in [-0.15, -0.1) is 11.8 Å². The first-order valence-corrected chi connectivity index (χ1v) is 6.15. The summed E-state index contributed by atoms with van der Waals surface area (Å²) < 4.78 is 5.63. The fourth-order valence-corrected chi connectivity index (χ4v) is 2.04. The van der Waals surface area contributed by atoms with Crippen molar-refractivity contribution in [2.75, 3.05) is 13.2 Å². The second kappa shape index (κ2) is 7.45. The Morgan fingerprint density at radius 1 is 1.35 bits per heavy atom. The summed E-state index contributed by atoms with van der Waals surface area (Å²) >= 11 is 12.0. The van der Waals surface area contributed by atoms with Gasteiger partial charge in [0.15, 0.2) is 0 Å². The molecule has 0 fully saturated rings. The fourth-order valence-electron chi connectivity index (χ4n) is 1.45. The minimum Gasteiger partial charge on any atom is -0.491 e. The first-order chi connectivity index (χ1) is 8.19. The average Bonchev–Trinajstić information content (AvgIpc) is 2.27. The highest BCUT2D eigenvalue weighted by Gasteiger charge is 2.09. The van der Waals surface area contributed by atoms with Crippen molar-refractivity contribution in [2.24, 2.45) is 5.73 Å². The lowest BCUT2D eigenvalue weighted by atomic mass is 10.1. The quantitative estimate of drug-likeness (QED) is 0.659. The van der Waals surface area contributed by atoms with Crippen molar-refractivity contribution in [1.29, 1.82) is 0 Å². The van der Waals surface area contributed by atoms with E-state index in [1.165, 1.54) is 0 Å². The van der Waals surface area contributed by atoms with Crippen LogP contribution in [-0.2, 0) is 6.42 Å². The van der Waals surface area contributed by atoms with E-state index in [2.05, 4.69) is 11.8 Å². The Kier molecular flexibility index (Phi) is 6.21. The Labute approximate surface area is 112 Å². The van der Waals surface area contributed by atoms with Gasteiger partial charge in [-0.2, -0.15) is 0 Å². The van der Waals surface area contributed by atoms with Crippen LogP contribution in [0.25, 0.3) is 0 Å². The molecule has 0 spiro atoms. The van der Waals surface area contributed by atoms with Crippen molar-refractivity contribution in [3.05, 3.63) is 27.7 Å². The van der Waals surface area contributed by atoms with E-state index in [1.807, 2.05) is 6.07 Å². The molecule has 2 N–H and O–H groups in total. The summed E-state index contributed by atoms with van der Waals surface area (Å²) in [6, 6.07) is 3.51. The van der Waals surface area contributed by atoms with Crippen LogP contribution < -0.4 is 10.5 Å². The van der Waals surface area contributed by atoms with Gasteiger partial charge in [-0.1, -0.05) is 23.2 Å². The number of hydrogen-bond donors (Lipinski definition) is 1. The number of benzene rings is 1. The van der Waals surface area contributed by atoms with E-state index in [0.717, 1.165) is 5.56 Å². The fraction of sp³-hybridized carbons (Fsp3) is 0.385. The van der Waals surface area contributed by atoms with Crippen molar-refractivity contribution in [1.82, 2.24) is 0 Å². The highest BCUT2D eigenvalue weighted by molar-refractivity contribution is 6.35. The van der Waals surface area contributed by atoms with E-state index in [-0.39, 0.29) is 0 Å². The summed E-state index contributed by atoms with van der Waals surface area (Å²) in [7, 11) is 0. The van der Waals surface area contributed by atoms with Gasteiger partial charge in [0.05, 0.1) is 11.6 Å². The van der Waals surface area contributed by atoms with Gasteiger partial charge in [-0.05, 0) is 37.6 Å². The van der Waals surface area contributed by atoms with Crippen LogP contribution in [0.15, 0.2) is 12.1 Å². The van der Waals surface area contributed by atoms with Crippen molar-refractivity contribution in [3.8, 4) is 17.6 Å². The molecule has 0 aliphatic carbocycles. The predicted octanol–water partition coefficient (Wildman–Crippen LogP) is 3.29. The molecule has 1 rings (SSSR count). The van der Waals surface area contributed by atoms with Crippen molar-refractivity contribution in [3.63, 3.8) is 0 Å². The largest absolute Gasteiger partial charge is 0.491 e. The summed E-state index contributed by atoms with van der Waals surface area (Å²) in [5.74, 6) is 6.41. The van der Waals surface area contributed by atoms with E-state index in [9.17, 15) is 0 Å². The number of rotatable bonds is 5. The number of hydrogen-bond acceptors (Lipinski definition) is 2. The molecule has 2 nitrogen and oxygen atoms in total. The number of halogens is 2. The Hall–Kier alpha value is -0.880. The predicted molar refractivity (Wildman–Crippen MR) is 72.8 cm³/mol. The Morgan fingerprint density at radius 2 is 2.12 bits per heavy atom. The zero-order valence-electron chi connectivity index (χ0n) is 9.72. The van der Waals surface area contributed by atoms with Crippen LogP contribution in [0.3, 0.4) is 0 Å². The van der Waals surface area contributed by atoms with Gasteiger partial charge < -0.3 is 10.5 Å². The first-order valence-electron chi connectivity index (χ1n) is 5.39. The molecule has 0 aromatic heterocycles. The number of ether oxygens (including phenoxy) is 1. The first kappa shape index (κ1) is 14.2. The highest BCUT2D eigenvalue weighted by atomic mass is 35.5. The zero-order chi connectivity index (χ0) is 12.7. The Morgan fingerprint density at radius 3 is 2.76 bits per heavy atom. The van der Waals surface area contributed by atoms with Gasteiger partial charge in [0.2, 0.25) is 0 Å². The molecule has 4 heteroatoms. The third-order valence-corrected chi connectivity index (χ3v) is 2.65. The second-order valence-electron chi connectivity index (χ2n) is 3.44. The lowest BCUT2D eigenvalue weighted by Crippen LogP contribution is -2.06. The molecule has 17 heavy (non-hydrogen) atoms. The standard InChI is InChI=1S/C13H15Cl2NO/c1-2-3-4-7-17-13-10(5-6-16)8-11(14)9-12(13)15/h8-9H,4-7,16H2,1H3. The van der Waals surface area contributed by atoms with Gasteiger partial charge in [-0.25, -0.2) is 0 Å². The summed E-state index contributed by atoms with van der Waals surface area (Å²) in [5, 5.41) is 1.12. The molecule has 0 aliphatic rings. The molecule has 0 bridgehead atoms. The molecular weight excluding hydrogens is 257 g/mol. The molecule has 0 heterocycles. The van der Waals surface area contributed by atoms with Crippen LogP contribution in [0.2, 0.25) is 10.0 Å². The summed E-state index contributed by atoms with van der Waals surface area (Å²) in [5.41, 5.74) is 6.48. The maximum atomic E-state index is 6.10. The lowest BCUT2D eigenvalue weighted by Gasteiger charge is -2.12. The summed E-state index contributed by atoms with van der Waals surface area (Å²) in [6.45, 7) is 2.84. The molecule has 92 valence electrons. The van der Waals surface area contributed by atoms with Gasteiger partial charge in [-0.3, -0.25) is 0 Å². The van der Waals surface area contributed by atoms with Crippen molar-refractivity contribution >= 4 is 23.2 Å². The van der Waals surface area contributed by atoms with E-state index in [1.54, 1.807) is 13.0 Å². The SMILES string of the molecule is CC#CCCOc1c(Cl)cc(Cl)cc1CCN. The molecule has 0 saturated carbocycles. The van der Waals surface area contributed by atoms with Crippen LogP contribution in [-0.4, -0.2) is 13.2 Å². The third kappa shape index (κ3) is 4.47. The molecule has 0 atom stereocenters. The maximum Gasteiger partial charge on any atom is 0.141 e. The Balaban J connectivity index is 2.82. The molecule has 0 radical (unpaired) electrons. The van der Waals surface area contributed by atoms with Gasteiger partial charge in [0.1, 0.15) is 5.75 Å². The topological polar surface area (TPSA) is 35.2 Å².